The number of rotatable bonds is 0. The molecule has 1 aliphatic carbocycles. The average molecular weight is 290 g/mol. The molecule has 0 spiro atoms. The fourth-order valence-corrected chi connectivity index (χ4v) is 5.92. The van der Waals surface area contributed by atoms with Crippen molar-refractivity contribution < 1.29 is 9.47 Å². The van der Waals surface area contributed by atoms with Crippen molar-refractivity contribution in [2.24, 2.45) is 0 Å². The summed E-state index contributed by atoms with van der Waals surface area (Å²) in [6.45, 7) is 0. The van der Waals surface area contributed by atoms with Crippen molar-refractivity contribution in [1.29, 1.82) is 0 Å². The maximum atomic E-state index is 6.14. The second-order valence-corrected chi connectivity index (χ2v) is 7.44. The molecule has 3 aliphatic rings. The van der Waals surface area contributed by atoms with Gasteiger partial charge in [-0.05, 0) is 38.3 Å². The van der Waals surface area contributed by atoms with Gasteiger partial charge in [0.25, 0.3) is 0 Å². The van der Waals surface area contributed by atoms with Gasteiger partial charge >= 0.3 is 0 Å². The molecule has 2 aromatic rings. The Morgan fingerprint density at radius 3 is 2.81 bits per heavy atom. The summed E-state index contributed by atoms with van der Waals surface area (Å²) >= 11 is 0. The van der Waals surface area contributed by atoms with Crippen molar-refractivity contribution in [3.63, 3.8) is 0 Å². The molecule has 3 atom stereocenters. The first-order valence-corrected chi connectivity index (χ1v) is 8.36. The fourth-order valence-electron chi connectivity index (χ4n) is 3.11. The highest BCUT2D eigenvalue weighted by molar-refractivity contribution is 7.74. The van der Waals surface area contributed by atoms with E-state index in [-0.39, 0.29) is 11.8 Å². The highest BCUT2D eigenvalue weighted by atomic mass is 31.1. The Bertz CT molecular complexity index is 844. The third-order valence-corrected chi connectivity index (χ3v) is 6.79. The van der Waals surface area contributed by atoms with Crippen molar-refractivity contribution >= 4 is 18.5 Å². The maximum absolute atomic E-state index is 6.14. The van der Waals surface area contributed by atoms with E-state index in [2.05, 4.69) is 30.0 Å². The summed E-state index contributed by atoms with van der Waals surface area (Å²) in [6, 6.07) is 14.4. The van der Waals surface area contributed by atoms with Crippen LogP contribution in [0.2, 0.25) is 0 Å². The van der Waals surface area contributed by atoms with Crippen LogP contribution in [-0.2, 0) is 0 Å². The molecule has 2 aliphatic heterocycles. The van der Waals surface area contributed by atoms with Gasteiger partial charge in [-0.3, -0.25) is 0 Å². The highest BCUT2D eigenvalue weighted by Gasteiger charge is 2.43. The van der Waals surface area contributed by atoms with Gasteiger partial charge in [-0.1, -0.05) is 36.1 Å². The lowest BCUT2D eigenvalue weighted by Gasteiger charge is -2.40. The first kappa shape index (κ1) is 11.4. The normalized spacial score (nSPS) is 26.2. The average Bonchev–Trinajstić information content (AvgIpc) is 2.54. The van der Waals surface area contributed by atoms with Crippen molar-refractivity contribution in [3.05, 3.63) is 54.6 Å². The van der Waals surface area contributed by atoms with Crippen molar-refractivity contribution in [1.82, 2.24) is 0 Å². The first-order valence-electron chi connectivity index (χ1n) is 6.95. The molecule has 100 valence electrons. The van der Waals surface area contributed by atoms with Crippen molar-refractivity contribution in [2.75, 3.05) is 0 Å². The van der Waals surface area contributed by atoms with Crippen LogP contribution in [0.15, 0.2) is 54.6 Å². The van der Waals surface area contributed by atoms with Crippen LogP contribution in [-0.4, -0.2) is 11.8 Å². The van der Waals surface area contributed by atoms with Crippen LogP contribution in [0.4, 0.5) is 0 Å². The second kappa shape index (κ2) is 4.13. The minimum Gasteiger partial charge on any atom is -0.484 e. The first-order chi connectivity index (χ1) is 10.4. The lowest BCUT2D eigenvalue weighted by atomic mass is 10.1. The molecule has 0 amide bonds. The van der Waals surface area contributed by atoms with Gasteiger partial charge in [0.05, 0.1) is 11.0 Å². The van der Waals surface area contributed by atoms with Gasteiger partial charge < -0.3 is 9.47 Å². The lowest BCUT2D eigenvalue weighted by molar-refractivity contribution is 0.254. The molecule has 0 radical (unpaired) electrons. The number of benzene rings is 2. The minimum atomic E-state index is -0.568. The number of hydrogen-bond acceptors (Lipinski definition) is 2. The molecular weight excluding hydrogens is 279 g/mol. The minimum absolute atomic E-state index is 0.0475. The third kappa shape index (κ3) is 1.53. The zero-order chi connectivity index (χ0) is 13.8. The van der Waals surface area contributed by atoms with E-state index in [9.17, 15) is 0 Å². The molecule has 0 saturated carbocycles. The SMILES string of the molecule is C1#CC2C(C=C1)Oc1cccc3c1P2c1ccccc1O3. The summed E-state index contributed by atoms with van der Waals surface area (Å²) in [7, 11) is -0.568. The lowest BCUT2D eigenvalue weighted by Crippen LogP contribution is -2.42. The monoisotopic (exact) mass is 290 g/mol. The van der Waals surface area contributed by atoms with E-state index < -0.39 is 7.92 Å². The quantitative estimate of drug-likeness (QED) is 0.548. The van der Waals surface area contributed by atoms with Gasteiger partial charge in [-0.2, -0.15) is 0 Å². The Morgan fingerprint density at radius 2 is 1.81 bits per heavy atom. The van der Waals surface area contributed by atoms with E-state index in [4.69, 9.17) is 9.47 Å². The van der Waals surface area contributed by atoms with Crippen molar-refractivity contribution in [3.8, 4) is 29.1 Å². The third-order valence-electron chi connectivity index (χ3n) is 4.00. The van der Waals surface area contributed by atoms with Crippen LogP contribution < -0.4 is 20.1 Å². The zero-order valence-electron chi connectivity index (χ0n) is 11.1. The smallest absolute Gasteiger partial charge is 0.139 e. The Labute approximate surface area is 124 Å². The number of fused-ring (bicyclic) bond motifs is 4. The zero-order valence-corrected chi connectivity index (χ0v) is 12.0. The molecule has 0 N–H and O–H groups in total. The van der Waals surface area contributed by atoms with Gasteiger partial charge in [0, 0.05) is 5.30 Å². The van der Waals surface area contributed by atoms with E-state index in [1.807, 2.05) is 36.4 Å². The van der Waals surface area contributed by atoms with Gasteiger partial charge in [-0.15, -0.1) is 0 Å². The molecule has 0 fully saturated rings. The second-order valence-electron chi connectivity index (χ2n) is 5.22. The van der Waals surface area contributed by atoms with Crippen LogP contribution >= 0.6 is 7.92 Å². The summed E-state index contributed by atoms with van der Waals surface area (Å²) < 4.78 is 12.2. The number of allylic oxidation sites excluding steroid dienone is 1. The van der Waals surface area contributed by atoms with Gasteiger partial charge in [-0.25, -0.2) is 0 Å². The number of hydrogen-bond donors (Lipinski definition) is 0. The van der Waals surface area contributed by atoms with E-state index in [0.29, 0.717) is 0 Å². The molecule has 2 heterocycles. The molecule has 3 unspecified atom stereocenters. The molecule has 5 rings (SSSR count). The molecule has 0 bridgehead atoms. The topological polar surface area (TPSA) is 18.5 Å². The molecule has 0 aromatic heterocycles. The van der Waals surface area contributed by atoms with Crippen LogP contribution in [0.5, 0.6) is 17.2 Å². The number of ether oxygens (including phenoxy) is 2. The molecular formula is C18H11O2P. The highest BCUT2D eigenvalue weighted by Crippen LogP contribution is 2.55. The predicted octanol–water partition coefficient (Wildman–Crippen LogP) is 2.93. The van der Waals surface area contributed by atoms with E-state index in [1.54, 1.807) is 0 Å². The molecule has 3 heteroatoms. The largest absolute Gasteiger partial charge is 0.484 e. The van der Waals surface area contributed by atoms with Crippen LogP contribution in [0.25, 0.3) is 0 Å². The Hall–Kier alpha value is -2.23. The number of para-hydroxylation sites is 1. The van der Waals surface area contributed by atoms with E-state index in [1.165, 1.54) is 10.6 Å². The molecule has 2 aromatic carbocycles. The summed E-state index contributed by atoms with van der Waals surface area (Å²) in [4.78, 5) is 0. The van der Waals surface area contributed by atoms with E-state index in [0.717, 1.165) is 17.2 Å². The fraction of sp³-hybridized carbons (Fsp3) is 0.111. The van der Waals surface area contributed by atoms with Crippen LogP contribution in [0.3, 0.4) is 0 Å². The Morgan fingerprint density at radius 1 is 0.952 bits per heavy atom. The Kier molecular flexibility index (Phi) is 2.25. The van der Waals surface area contributed by atoms with Gasteiger partial charge in [0.2, 0.25) is 0 Å². The van der Waals surface area contributed by atoms with Crippen LogP contribution in [0.1, 0.15) is 0 Å². The standard InChI is InChI=1S/C18H11O2P/c1-3-10-16-12(6-1)19-14-8-5-9-15-18(14)21(16)17-11-4-2-7-13(17)20-15/h1-3,5-10,13,17H. The summed E-state index contributed by atoms with van der Waals surface area (Å²) in [5.74, 6) is 9.33. The summed E-state index contributed by atoms with van der Waals surface area (Å²) in [5.41, 5.74) is 0.212. The van der Waals surface area contributed by atoms with Gasteiger partial charge in [0.15, 0.2) is 0 Å². The predicted molar refractivity (Wildman–Crippen MR) is 84.3 cm³/mol. The Balaban J connectivity index is 1.81. The summed E-state index contributed by atoms with van der Waals surface area (Å²) in [6.07, 6.45) is 4.03. The molecule has 2 nitrogen and oxygen atoms in total. The molecule has 21 heavy (non-hydrogen) atoms. The summed E-state index contributed by atoms with van der Waals surface area (Å²) in [5, 5.41) is 2.48. The van der Waals surface area contributed by atoms with Crippen LogP contribution in [0, 0.1) is 11.8 Å². The van der Waals surface area contributed by atoms with Crippen molar-refractivity contribution in [2.45, 2.75) is 11.8 Å². The van der Waals surface area contributed by atoms with Gasteiger partial charge in [0.1, 0.15) is 23.4 Å². The molecule has 0 saturated heterocycles. The van der Waals surface area contributed by atoms with E-state index >= 15 is 0 Å². The maximum Gasteiger partial charge on any atom is 0.139 e.